The van der Waals surface area contributed by atoms with E-state index in [9.17, 15) is 14.7 Å². The molecule has 0 amide bonds. The van der Waals surface area contributed by atoms with Crippen molar-refractivity contribution in [3.8, 4) is 0 Å². The van der Waals surface area contributed by atoms with Crippen molar-refractivity contribution in [2.45, 2.75) is 31.7 Å². The van der Waals surface area contributed by atoms with Gasteiger partial charge in [0, 0.05) is 20.3 Å². The second kappa shape index (κ2) is 4.76. The van der Waals surface area contributed by atoms with Crippen LogP contribution in [0.5, 0.6) is 0 Å². The molecule has 5 heteroatoms. The van der Waals surface area contributed by atoms with E-state index in [1.54, 1.807) is 24.3 Å². The molecule has 1 aliphatic rings. The molecule has 1 heterocycles. The summed E-state index contributed by atoms with van der Waals surface area (Å²) in [7, 11) is 0. The van der Waals surface area contributed by atoms with Crippen LogP contribution < -0.4 is 0 Å². The highest BCUT2D eigenvalue weighted by Crippen LogP contribution is 2.32. The molecule has 1 aromatic carbocycles. The van der Waals surface area contributed by atoms with Crippen LogP contribution in [0.15, 0.2) is 36.9 Å². The first kappa shape index (κ1) is 14.3. The maximum absolute atomic E-state index is 11.9. The van der Waals surface area contributed by atoms with Crippen LogP contribution in [0.3, 0.4) is 0 Å². The van der Waals surface area contributed by atoms with Crippen LogP contribution in [0.4, 0.5) is 0 Å². The molecule has 1 aliphatic heterocycles. The van der Waals surface area contributed by atoms with Crippen LogP contribution in [0.2, 0.25) is 0 Å². The molecule has 1 saturated heterocycles. The fraction of sp³-hybridized carbons (Fsp3) is 0.333. The molecule has 20 heavy (non-hydrogen) atoms. The van der Waals surface area contributed by atoms with Crippen LogP contribution in [0, 0.1) is 0 Å². The summed E-state index contributed by atoms with van der Waals surface area (Å²) in [5.74, 6) is -3.40. The van der Waals surface area contributed by atoms with E-state index in [0.29, 0.717) is 5.57 Å². The van der Waals surface area contributed by atoms with Gasteiger partial charge in [0.05, 0.1) is 0 Å². The average molecular weight is 276 g/mol. The Morgan fingerprint density at radius 1 is 1.15 bits per heavy atom. The molecule has 2 rings (SSSR count). The number of ether oxygens (including phenoxy) is 2. The maximum Gasteiger partial charge on any atom is 0.353 e. The summed E-state index contributed by atoms with van der Waals surface area (Å²) in [4.78, 5) is 23.8. The standard InChI is InChI=1S/C15H16O5/c1-10(11-7-5-4-6-8-11)9-15(18)12(16)19-14(2,3)20-13(15)17/h4-8,18H,1,9H2,2-3H3. The summed E-state index contributed by atoms with van der Waals surface area (Å²) in [6.45, 7) is 6.64. The van der Waals surface area contributed by atoms with E-state index in [1.165, 1.54) is 13.8 Å². The van der Waals surface area contributed by atoms with Crippen LogP contribution in [-0.4, -0.2) is 28.4 Å². The van der Waals surface area contributed by atoms with Gasteiger partial charge in [0.1, 0.15) is 0 Å². The summed E-state index contributed by atoms with van der Waals surface area (Å²) in [6, 6.07) is 8.97. The minimum atomic E-state index is -2.34. The molecule has 1 aromatic rings. The molecule has 5 nitrogen and oxygen atoms in total. The second-order valence-electron chi connectivity index (χ2n) is 5.19. The first-order valence-corrected chi connectivity index (χ1v) is 6.17. The van der Waals surface area contributed by atoms with Crippen molar-refractivity contribution in [1.29, 1.82) is 0 Å². The Labute approximate surface area is 116 Å². The Balaban J connectivity index is 2.22. The van der Waals surface area contributed by atoms with E-state index < -0.39 is 23.3 Å². The third-order valence-electron chi connectivity index (χ3n) is 3.00. The molecule has 106 valence electrons. The normalized spacial score (nSPS) is 19.9. The van der Waals surface area contributed by atoms with Gasteiger partial charge >= 0.3 is 11.9 Å². The lowest BCUT2D eigenvalue weighted by atomic mass is 9.90. The van der Waals surface area contributed by atoms with Gasteiger partial charge in [0.15, 0.2) is 0 Å². The quantitative estimate of drug-likeness (QED) is 0.671. The Hall–Kier alpha value is -2.14. The predicted molar refractivity (Wildman–Crippen MR) is 71.3 cm³/mol. The molecule has 0 radical (unpaired) electrons. The smallest absolute Gasteiger partial charge is 0.353 e. The maximum atomic E-state index is 11.9. The molecule has 1 N–H and O–H groups in total. The van der Waals surface area contributed by atoms with Gasteiger partial charge < -0.3 is 14.6 Å². The monoisotopic (exact) mass is 276 g/mol. The van der Waals surface area contributed by atoms with E-state index in [2.05, 4.69) is 6.58 Å². The van der Waals surface area contributed by atoms with Gasteiger partial charge in [-0.15, -0.1) is 0 Å². The first-order chi connectivity index (χ1) is 9.24. The molecule has 0 spiro atoms. The Morgan fingerprint density at radius 3 is 2.15 bits per heavy atom. The number of carbonyl (C=O) groups is 2. The summed E-state index contributed by atoms with van der Waals surface area (Å²) in [6.07, 6.45) is -0.273. The number of cyclic esters (lactones) is 2. The Morgan fingerprint density at radius 2 is 1.65 bits per heavy atom. The van der Waals surface area contributed by atoms with Crippen molar-refractivity contribution in [3.05, 3.63) is 42.5 Å². The van der Waals surface area contributed by atoms with Crippen molar-refractivity contribution in [2.24, 2.45) is 0 Å². The van der Waals surface area contributed by atoms with Gasteiger partial charge in [0.25, 0.3) is 11.4 Å². The van der Waals surface area contributed by atoms with E-state index >= 15 is 0 Å². The third kappa shape index (κ3) is 2.58. The Kier molecular flexibility index (Phi) is 3.39. The average Bonchev–Trinajstić information content (AvgIpc) is 2.36. The van der Waals surface area contributed by atoms with Gasteiger partial charge in [-0.05, 0) is 11.1 Å². The molecule has 0 unspecified atom stereocenters. The van der Waals surface area contributed by atoms with Crippen molar-refractivity contribution in [2.75, 3.05) is 0 Å². The minimum absolute atomic E-state index is 0.273. The van der Waals surface area contributed by atoms with Gasteiger partial charge in [-0.25, -0.2) is 9.59 Å². The zero-order chi connectivity index (χ0) is 15.0. The highest BCUT2D eigenvalue weighted by Gasteiger charge is 2.55. The second-order valence-corrected chi connectivity index (χ2v) is 5.19. The fourth-order valence-electron chi connectivity index (χ4n) is 1.95. The zero-order valence-electron chi connectivity index (χ0n) is 11.4. The summed E-state index contributed by atoms with van der Waals surface area (Å²) in [5.41, 5.74) is -1.17. The van der Waals surface area contributed by atoms with Gasteiger partial charge in [0.2, 0.25) is 0 Å². The van der Waals surface area contributed by atoms with E-state index in [4.69, 9.17) is 9.47 Å². The van der Waals surface area contributed by atoms with Crippen molar-refractivity contribution >= 4 is 17.5 Å². The predicted octanol–water partition coefficient (Wildman–Crippen LogP) is 1.66. The van der Waals surface area contributed by atoms with Crippen LogP contribution >= 0.6 is 0 Å². The highest BCUT2D eigenvalue weighted by atomic mass is 16.8. The van der Waals surface area contributed by atoms with Gasteiger partial charge in [-0.3, -0.25) is 0 Å². The van der Waals surface area contributed by atoms with Gasteiger partial charge in [-0.1, -0.05) is 36.9 Å². The molecular weight excluding hydrogens is 260 g/mol. The van der Waals surface area contributed by atoms with Gasteiger partial charge in [-0.2, -0.15) is 0 Å². The zero-order valence-corrected chi connectivity index (χ0v) is 11.4. The summed E-state index contributed by atoms with van der Waals surface area (Å²) in [5, 5.41) is 10.3. The Bertz CT molecular complexity index is 539. The molecule has 0 aliphatic carbocycles. The van der Waals surface area contributed by atoms with E-state index in [-0.39, 0.29) is 6.42 Å². The number of aliphatic hydroxyl groups is 1. The van der Waals surface area contributed by atoms with Crippen molar-refractivity contribution in [3.63, 3.8) is 0 Å². The van der Waals surface area contributed by atoms with Crippen LogP contribution in [-0.2, 0) is 19.1 Å². The topological polar surface area (TPSA) is 72.8 Å². The van der Waals surface area contributed by atoms with Crippen LogP contribution in [0.1, 0.15) is 25.8 Å². The lowest BCUT2D eigenvalue weighted by Gasteiger charge is -2.37. The van der Waals surface area contributed by atoms with Crippen LogP contribution in [0.25, 0.3) is 5.57 Å². The number of benzene rings is 1. The number of esters is 2. The number of hydrogen-bond acceptors (Lipinski definition) is 5. The lowest BCUT2D eigenvalue weighted by molar-refractivity contribution is -0.259. The number of rotatable bonds is 3. The van der Waals surface area contributed by atoms with Crippen molar-refractivity contribution in [1.82, 2.24) is 0 Å². The van der Waals surface area contributed by atoms with E-state index in [1.807, 2.05) is 6.07 Å². The van der Waals surface area contributed by atoms with Crippen molar-refractivity contribution < 1.29 is 24.2 Å². The third-order valence-corrected chi connectivity index (χ3v) is 3.00. The number of carbonyl (C=O) groups excluding carboxylic acids is 2. The molecule has 0 aromatic heterocycles. The lowest BCUT2D eigenvalue weighted by Crippen LogP contribution is -2.58. The number of hydrogen-bond donors (Lipinski definition) is 1. The SMILES string of the molecule is C=C(CC1(O)C(=O)OC(C)(C)OC1=O)c1ccccc1. The van der Waals surface area contributed by atoms with E-state index in [0.717, 1.165) is 5.56 Å². The summed E-state index contributed by atoms with van der Waals surface area (Å²) >= 11 is 0. The fourth-order valence-corrected chi connectivity index (χ4v) is 1.95. The summed E-state index contributed by atoms with van der Waals surface area (Å²) < 4.78 is 9.85. The molecule has 0 saturated carbocycles. The molecule has 0 atom stereocenters. The highest BCUT2D eigenvalue weighted by molar-refractivity contribution is 6.06. The molecular formula is C15H16O5. The largest absolute Gasteiger partial charge is 0.421 e. The first-order valence-electron chi connectivity index (χ1n) is 6.17. The molecule has 0 bridgehead atoms. The molecule has 1 fully saturated rings. The minimum Gasteiger partial charge on any atom is -0.421 e.